The topological polar surface area (TPSA) is 89.0 Å². The molecule has 7 nitrogen and oxygen atoms in total. The summed E-state index contributed by atoms with van der Waals surface area (Å²) in [6.07, 6.45) is 0. The molecule has 0 aliphatic rings. The van der Waals surface area contributed by atoms with Crippen molar-refractivity contribution in [2.24, 2.45) is 0 Å². The second kappa shape index (κ2) is 9.48. The summed E-state index contributed by atoms with van der Waals surface area (Å²) in [7, 11) is 1.52. The van der Waals surface area contributed by atoms with Crippen molar-refractivity contribution in [3.05, 3.63) is 87.7 Å². The largest absolute Gasteiger partial charge is 0.495 e. The summed E-state index contributed by atoms with van der Waals surface area (Å²) in [6.45, 7) is 1.93. The van der Waals surface area contributed by atoms with Crippen molar-refractivity contribution < 1.29 is 9.53 Å². The van der Waals surface area contributed by atoms with Crippen LogP contribution in [0.3, 0.4) is 0 Å². The van der Waals surface area contributed by atoms with E-state index in [0.29, 0.717) is 38.3 Å². The van der Waals surface area contributed by atoms with E-state index < -0.39 is 0 Å². The Morgan fingerprint density at radius 2 is 1.91 bits per heavy atom. The summed E-state index contributed by atoms with van der Waals surface area (Å²) in [6, 6.07) is 20.2. The molecule has 35 heavy (non-hydrogen) atoms. The predicted octanol–water partition coefficient (Wildman–Crippen LogP) is 5.57. The highest BCUT2D eigenvalue weighted by atomic mass is 35.5. The third kappa shape index (κ3) is 4.38. The molecular weight excluding hydrogens is 484 g/mol. The number of hydrogen-bond donors (Lipinski definition) is 2. The van der Waals surface area contributed by atoms with Gasteiger partial charge >= 0.3 is 0 Å². The number of thioether (sulfide) groups is 1. The first-order valence-electron chi connectivity index (χ1n) is 10.8. The fourth-order valence-corrected chi connectivity index (χ4v) is 4.93. The van der Waals surface area contributed by atoms with Crippen molar-refractivity contribution in [2.45, 2.75) is 12.1 Å². The highest BCUT2D eigenvalue weighted by Gasteiger charge is 2.19. The Balaban J connectivity index is 1.56. The Morgan fingerprint density at radius 1 is 1.14 bits per heavy atom. The summed E-state index contributed by atoms with van der Waals surface area (Å²) < 4.78 is 6.87. The Morgan fingerprint density at radius 3 is 2.71 bits per heavy atom. The number of carbonyl (C=O) groups is 1. The number of para-hydroxylation sites is 2. The van der Waals surface area contributed by atoms with Crippen molar-refractivity contribution in [3.8, 4) is 11.4 Å². The van der Waals surface area contributed by atoms with Crippen LogP contribution in [0, 0.1) is 6.92 Å². The molecule has 5 rings (SSSR count). The number of fused-ring (bicyclic) bond motifs is 3. The fourth-order valence-electron chi connectivity index (χ4n) is 3.96. The Labute approximate surface area is 210 Å². The molecule has 0 bridgehead atoms. The Bertz CT molecular complexity index is 1640. The SMILES string of the molecule is COc1ccc(Cl)cc1NC(=O)CSc1nc2c([nH]c3ccccc32)c(=O)n1-c1ccccc1C. The number of ether oxygens (including phenoxy) is 1. The van der Waals surface area contributed by atoms with Crippen LogP contribution in [0.2, 0.25) is 5.02 Å². The van der Waals surface area contributed by atoms with Gasteiger partial charge in [-0.05, 0) is 42.8 Å². The molecule has 2 N–H and O–H groups in total. The lowest BCUT2D eigenvalue weighted by atomic mass is 10.2. The van der Waals surface area contributed by atoms with Gasteiger partial charge in [-0.2, -0.15) is 0 Å². The number of aromatic amines is 1. The van der Waals surface area contributed by atoms with Gasteiger partial charge < -0.3 is 15.0 Å². The standard InChI is InChI=1S/C26H21ClN4O3S/c1-15-7-3-6-10-20(15)31-25(33)24-23(17-8-4-5-9-18(17)29-24)30-26(31)35-14-22(32)28-19-13-16(27)11-12-21(19)34-2/h3-13,29H,14H2,1-2H3,(H,28,32). The molecule has 176 valence electrons. The first-order chi connectivity index (χ1) is 17.0. The number of rotatable bonds is 6. The molecule has 3 aromatic carbocycles. The van der Waals surface area contributed by atoms with E-state index in [2.05, 4.69) is 10.3 Å². The number of carbonyl (C=O) groups excluding carboxylic acids is 1. The van der Waals surface area contributed by atoms with Gasteiger partial charge in [0, 0.05) is 15.9 Å². The summed E-state index contributed by atoms with van der Waals surface area (Å²) in [5.74, 6) is 0.255. The maximum absolute atomic E-state index is 13.7. The number of nitrogens with zero attached hydrogens (tertiary/aromatic N) is 2. The van der Waals surface area contributed by atoms with Crippen molar-refractivity contribution in [3.63, 3.8) is 0 Å². The molecule has 0 atom stereocenters. The third-order valence-corrected chi connectivity index (χ3v) is 6.79. The monoisotopic (exact) mass is 504 g/mol. The van der Waals surface area contributed by atoms with Gasteiger partial charge in [-0.3, -0.25) is 14.2 Å². The number of nitrogens with one attached hydrogen (secondary N) is 2. The number of hydrogen-bond acceptors (Lipinski definition) is 5. The van der Waals surface area contributed by atoms with Gasteiger partial charge in [0.1, 0.15) is 16.8 Å². The minimum atomic E-state index is -0.278. The van der Waals surface area contributed by atoms with E-state index in [9.17, 15) is 9.59 Å². The zero-order chi connectivity index (χ0) is 24.5. The predicted molar refractivity (Wildman–Crippen MR) is 141 cm³/mol. The number of aromatic nitrogens is 3. The first-order valence-corrected chi connectivity index (χ1v) is 12.2. The van der Waals surface area contributed by atoms with E-state index >= 15 is 0 Å². The van der Waals surface area contributed by atoms with Crippen LogP contribution in [0.1, 0.15) is 5.56 Å². The zero-order valence-corrected chi connectivity index (χ0v) is 20.5. The molecule has 0 unspecified atom stereocenters. The molecule has 9 heteroatoms. The van der Waals surface area contributed by atoms with Gasteiger partial charge in [0.25, 0.3) is 5.56 Å². The van der Waals surface area contributed by atoms with Gasteiger partial charge in [-0.15, -0.1) is 0 Å². The number of aryl methyl sites for hydroxylation is 1. The second-order valence-corrected chi connectivity index (χ2v) is 9.28. The van der Waals surface area contributed by atoms with Crippen LogP contribution in [0.4, 0.5) is 5.69 Å². The fraction of sp³-hybridized carbons (Fsp3) is 0.115. The van der Waals surface area contributed by atoms with Gasteiger partial charge in [0.15, 0.2) is 5.16 Å². The number of benzene rings is 3. The van der Waals surface area contributed by atoms with E-state index in [1.54, 1.807) is 22.8 Å². The third-order valence-electron chi connectivity index (χ3n) is 5.62. The lowest BCUT2D eigenvalue weighted by molar-refractivity contribution is -0.113. The molecule has 5 aromatic rings. The zero-order valence-electron chi connectivity index (χ0n) is 19.0. The maximum Gasteiger partial charge on any atom is 0.283 e. The highest BCUT2D eigenvalue weighted by molar-refractivity contribution is 7.99. The average molecular weight is 505 g/mol. The Hall–Kier alpha value is -3.75. The number of methoxy groups -OCH3 is 1. The minimum Gasteiger partial charge on any atom is -0.495 e. The highest BCUT2D eigenvalue weighted by Crippen LogP contribution is 2.29. The normalized spacial score (nSPS) is 11.2. The quantitative estimate of drug-likeness (QED) is 0.233. The molecule has 0 aliphatic heterocycles. The van der Waals surface area contributed by atoms with Crippen LogP contribution in [-0.4, -0.2) is 33.3 Å². The number of H-pyrrole nitrogens is 1. The maximum atomic E-state index is 13.7. The second-order valence-electron chi connectivity index (χ2n) is 7.90. The lowest BCUT2D eigenvalue weighted by Crippen LogP contribution is -2.23. The van der Waals surface area contributed by atoms with E-state index in [1.807, 2.05) is 55.5 Å². The van der Waals surface area contributed by atoms with E-state index in [0.717, 1.165) is 16.5 Å². The van der Waals surface area contributed by atoms with Crippen LogP contribution in [0.5, 0.6) is 5.75 Å². The molecule has 0 radical (unpaired) electrons. The van der Waals surface area contributed by atoms with Crippen molar-refractivity contribution in [2.75, 3.05) is 18.2 Å². The van der Waals surface area contributed by atoms with Gasteiger partial charge in [0.05, 0.1) is 24.2 Å². The van der Waals surface area contributed by atoms with E-state index in [1.165, 1.54) is 18.9 Å². The van der Waals surface area contributed by atoms with Crippen molar-refractivity contribution in [1.29, 1.82) is 0 Å². The number of amides is 1. The van der Waals surface area contributed by atoms with Crippen LogP contribution in [-0.2, 0) is 4.79 Å². The molecule has 1 amide bonds. The van der Waals surface area contributed by atoms with Crippen LogP contribution in [0.25, 0.3) is 27.6 Å². The summed E-state index contributed by atoms with van der Waals surface area (Å²) in [5, 5.41) is 4.59. The number of halogens is 1. The molecule has 0 aliphatic carbocycles. The van der Waals surface area contributed by atoms with Gasteiger partial charge in [0.2, 0.25) is 5.91 Å². The van der Waals surface area contributed by atoms with Crippen molar-refractivity contribution >= 4 is 56.9 Å². The molecular formula is C26H21ClN4O3S. The minimum absolute atomic E-state index is 0.0296. The molecule has 0 saturated heterocycles. The summed E-state index contributed by atoms with van der Waals surface area (Å²) in [5.41, 5.74) is 3.71. The molecule has 0 spiro atoms. The van der Waals surface area contributed by atoms with Crippen LogP contribution >= 0.6 is 23.4 Å². The van der Waals surface area contributed by atoms with Gasteiger partial charge in [-0.1, -0.05) is 59.8 Å². The van der Waals surface area contributed by atoms with Crippen LogP contribution in [0.15, 0.2) is 76.7 Å². The van der Waals surface area contributed by atoms with E-state index in [4.69, 9.17) is 21.3 Å². The van der Waals surface area contributed by atoms with Crippen molar-refractivity contribution in [1.82, 2.24) is 14.5 Å². The number of anilines is 1. The van der Waals surface area contributed by atoms with Crippen LogP contribution < -0.4 is 15.6 Å². The summed E-state index contributed by atoms with van der Waals surface area (Å²) >= 11 is 7.27. The lowest BCUT2D eigenvalue weighted by Gasteiger charge is -2.14. The Kier molecular flexibility index (Phi) is 6.23. The van der Waals surface area contributed by atoms with Gasteiger partial charge in [-0.25, -0.2) is 4.98 Å². The molecule has 2 aromatic heterocycles. The smallest absolute Gasteiger partial charge is 0.283 e. The first kappa shape index (κ1) is 23.0. The molecule has 0 fully saturated rings. The van der Waals surface area contributed by atoms with E-state index in [-0.39, 0.29) is 17.2 Å². The summed E-state index contributed by atoms with van der Waals surface area (Å²) in [4.78, 5) is 34.6. The molecule has 0 saturated carbocycles. The molecule has 2 heterocycles. The average Bonchev–Trinajstić information content (AvgIpc) is 3.23.